The minimum absolute atomic E-state index is 0.0636. The monoisotopic (exact) mass is 535 g/mol. The SMILES string of the molecule is Cc1c(Nc2ccccc2F)c2c(=O)n(CCN(C)C(=O)OC(C)(C)C)c(C)c(Br)c2oc1=O. The van der Waals surface area contributed by atoms with Crippen LogP contribution in [0, 0.1) is 19.7 Å². The number of likely N-dealkylation sites (N-methyl/N-ethyl adjacent to an activating group) is 1. The molecule has 3 rings (SSSR count). The van der Waals surface area contributed by atoms with Gasteiger partial charge in [-0.15, -0.1) is 0 Å². The fourth-order valence-corrected chi connectivity index (χ4v) is 3.85. The number of para-hydroxylation sites is 1. The number of pyridine rings is 1. The molecule has 182 valence electrons. The molecule has 0 spiro atoms. The third kappa shape index (κ3) is 5.16. The van der Waals surface area contributed by atoms with Crippen LogP contribution in [0.1, 0.15) is 32.0 Å². The Morgan fingerprint density at radius 2 is 1.88 bits per heavy atom. The molecule has 1 amide bonds. The molecule has 10 heteroatoms. The molecule has 0 fully saturated rings. The summed E-state index contributed by atoms with van der Waals surface area (Å²) >= 11 is 3.43. The maximum Gasteiger partial charge on any atom is 0.410 e. The number of ether oxygens (including phenoxy) is 1. The molecule has 1 aromatic carbocycles. The second-order valence-electron chi connectivity index (χ2n) is 8.96. The van der Waals surface area contributed by atoms with E-state index in [0.717, 1.165) is 0 Å². The van der Waals surface area contributed by atoms with Gasteiger partial charge in [0.25, 0.3) is 5.56 Å². The van der Waals surface area contributed by atoms with Gasteiger partial charge >= 0.3 is 11.7 Å². The lowest BCUT2D eigenvalue weighted by atomic mass is 10.1. The number of fused-ring (bicyclic) bond motifs is 1. The van der Waals surface area contributed by atoms with Crippen molar-refractivity contribution in [2.45, 2.75) is 46.8 Å². The molecule has 34 heavy (non-hydrogen) atoms. The molecule has 2 heterocycles. The van der Waals surface area contributed by atoms with E-state index >= 15 is 0 Å². The van der Waals surface area contributed by atoms with Gasteiger partial charge < -0.3 is 23.9 Å². The van der Waals surface area contributed by atoms with E-state index in [2.05, 4.69) is 21.2 Å². The highest BCUT2D eigenvalue weighted by molar-refractivity contribution is 9.10. The summed E-state index contributed by atoms with van der Waals surface area (Å²) in [5.41, 5.74) is -0.742. The van der Waals surface area contributed by atoms with Gasteiger partial charge in [0.05, 0.1) is 21.4 Å². The first kappa shape index (κ1) is 25.5. The molecule has 0 unspecified atom stereocenters. The molecular formula is C24H27BrFN3O5. The second kappa shape index (κ2) is 9.61. The van der Waals surface area contributed by atoms with E-state index in [0.29, 0.717) is 10.2 Å². The molecule has 1 N–H and O–H groups in total. The van der Waals surface area contributed by atoms with Crippen LogP contribution in [0.2, 0.25) is 0 Å². The Kier molecular flexibility index (Phi) is 7.21. The summed E-state index contributed by atoms with van der Waals surface area (Å²) in [5.74, 6) is -0.534. The molecule has 2 aromatic heterocycles. The molecule has 0 bridgehead atoms. The summed E-state index contributed by atoms with van der Waals surface area (Å²) in [7, 11) is 1.58. The molecule has 0 aliphatic carbocycles. The lowest BCUT2D eigenvalue weighted by molar-refractivity contribution is 0.0293. The minimum atomic E-state index is -0.646. The normalized spacial score (nSPS) is 11.5. The van der Waals surface area contributed by atoms with Crippen LogP contribution in [0.3, 0.4) is 0 Å². The Labute approximate surface area is 204 Å². The van der Waals surface area contributed by atoms with Gasteiger partial charge in [-0.1, -0.05) is 12.1 Å². The zero-order chi connectivity index (χ0) is 25.4. The summed E-state index contributed by atoms with van der Waals surface area (Å²) in [5, 5.41) is 2.99. The third-order valence-electron chi connectivity index (χ3n) is 5.23. The average molecular weight is 536 g/mol. The van der Waals surface area contributed by atoms with Crippen molar-refractivity contribution in [1.29, 1.82) is 0 Å². The molecule has 0 aliphatic rings. The maximum absolute atomic E-state index is 14.3. The zero-order valence-corrected chi connectivity index (χ0v) is 21.5. The fraction of sp³-hybridized carbons (Fsp3) is 0.375. The van der Waals surface area contributed by atoms with Crippen LogP contribution in [0.25, 0.3) is 11.0 Å². The zero-order valence-electron chi connectivity index (χ0n) is 19.9. The van der Waals surface area contributed by atoms with Crippen molar-refractivity contribution >= 4 is 44.4 Å². The number of aromatic nitrogens is 1. The van der Waals surface area contributed by atoms with Gasteiger partial charge in [-0.2, -0.15) is 0 Å². The first-order valence-corrected chi connectivity index (χ1v) is 11.4. The lowest BCUT2D eigenvalue weighted by Gasteiger charge is -2.25. The van der Waals surface area contributed by atoms with Gasteiger partial charge in [-0.05, 0) is 62.7 Å². The van der Waals surface area contributed by atoms with Crippen molar-refractivity contribution < 1.29 is 18.3 Å². The van der Waals surface area contributed by atoms with Crippen LogP contribution < -0.4 is 16.5 Å². The highest BCUT2D eigenvalue weighted by atomic mass is 79.9. The van der Waals surface area contributed by atoms with E-state index < -0.39 is 28.7 Å². The van der Waals surface area contributed by atoms with E-state index in [1.807, 2.05) is 0 Å². The number of carbonyl (C=O) groups is 1. The van der Waals surface area contributed by atoms with Gasteiger partial charge in [0, 0.05) is 25.8 Å². The number of rotatable bonds is 5. The van der Waals surface area contributed by atoms with E-state index in [-0.39, 0.29) is 41.0 Å². The van der Waals surface area contributed by atoms with E-state index in [1.54, 1.807) is 46.9 Å². The van der Waals surface area contributed by atoms with Gasteiger partial charge in [-0.25, -0.2) is 14.0 Å². The molecule has 0 atom stereocenters. The number of amides is 1. The molecule has 0 saturated heterocycles. The Hall–Kier alpha value is -3.14. The van der Waals surface area contributed by atoms with Crippen LogP contribution >= 0.6 is 15.9 Å². The molecule has 8 nitrogen and oxygen atoms in total. The van der Waals surface area contributed by atoms with Crippen LogP contribution in [-0.2, 0) is 11.3 Å². The quantitative estimate of drug-likeness (QED) is 0.489. The summed E-state index contributed by atoms with van der Waals surface area (Å²) in [6.45, 7) is 8.87. The van der Waals surface area contributed by atoms with Gasteiger partial charge in [-0.3, -0.25) is 4.79 Å². The van der Waals surface area contributed by atoms with E-state index in [1.165, 1.54) is 28.5 Å². The topological polar surface area (TPSA) is 93.8 Å². The number of nitrogens with one attached hydrogen (secondary N) is 1. The van der Waals surface area contributed by atoms with Crippen molar-refractivity contribution in [2.24, 2.45) is 0 Å². The average Bonchev–Trinajstić information content (AvgIpc) is 2.75. The van der Waals surface area contributed by atoms with E-state index in [9.17, 15) is 18.8 Å². The summed E-state index contributed by atoms with van der Waals surface area (Å²) in [6, 6.07) is 5.96. The second-order valence-corrected chi connectivity index (χ2v) is 9.75. The number of halogens is 2. The largest absolute Gasteiger partial charge is 0.444 e. The minimum Gasteiger partial charge on any atom is -0.444 e. The van der Waals surface area contributed by atoms with Crippen molar-refractivity contribution in [3.8, 4) is 0 Å². The predicted molar refractivity (Wildman–Crippen MR) is 132 cm³/mol. The molecule has 3 aromatic rings. The first-order chi connectivity index (χ1) is 15.8. The lowest BCUT2D eigenvalue weighted by Crippen LogP contribution is -2.37. The standard InChI is InChI=1S/C24H27BrFN3O5/c1-13-19(27-16-10-8-7-9-15(16)26)17-20(33-22(13)31)18(25)14(2)29(21(17)30)12-11-28(6)23(32)34-24(3,4)5/h7-10,27H,11-12H2,1-6H3. The van der Waals surface area contributed by atoms with Crippen LogP contribution in [0.4, 0.5) is 20.6 Å². The van der Waals surface area contributed by atoms with Crippen LogP contribution in [0.5, 0.6) is 0 Å². The highest BCUT2D eigenvalue weighted by Gasteiger charge is 2.23. The molecule has 0 aliphatic heterocycles. The number of nitrogens with zero attached hydrogens (tertiary/aromatic N) is 2. The highest BCUT2D eigenvalue weighted by Crippen LogP contribution is 2.32. The van der Waals surface area contributed by atoms with Crippen molar-refractivity contribution in [2.75, 3.05) is 18.9 Å². The van der Waals surface area contributed by atoms with Crippen molar-refractivity contribution in [3.05, 3.63) is 66.6 Å². The number of benzene rings is 1. The molecular weight excluding hydrogens is 509 g/mol. The van der Waals surface area contributed by atoms with E-state index in [4.69, 9.17) is 9.15 Å². The first-order valence-electron chi connectivity index (χ1n) is 10.6. The van der Waals surface area contributed by atoms with Gasteiger partial charge in [0.2, 0.25) is 0 Å². The van der Waals surface area contributed by atoms with Gasteiger partial charge in [0.15, 0.2) is 5.58 Å². The van der Waals surface area contributed by atoms with Crippen LogP contribution in [0.15, 0.2) is 42.7 Å². The number of hydrogen-bond donors (Lipinski definition) is 1. The van der Waals surface area contributed by atoms with Crippen molar-refractivity contribution in [1.82, 2.24) is 9.47 Å². The van der Waals surface area contributed by atoms with Crippen molar-refractivity contribution in [3.63, 3.8) is 0 Å². The summed E-state index contributed by atoms with van der Waals surface area (Å²) in [4.78, 5) is 39.8. The summed E-state index contributed by atoms with van der Waals surface area (Å²) < 4.78 is 27.0. The third-order valence-corrected chi connectivity index (χ3v) is 6.17. The number of carbonyl (C=O) groups excluding carboxylic acids is 1. The Morgan fingerprint density at radius 1 is 1.24 bits per heavy atom. The maximum atomic E-state index is 14.3. The Bertz CT molecular complexity index is 1370. The molecule has 0 radical (unpaired) electrons. The fourth-order valence-electron chi connectivity index (χ4n) is 3.36. The number of anilines is 2. The smallest absolute Gasteiger partial charge is 0.410 e. The predicted octanol–water partition coefficient (Wildman–Crippen LogP) is 5.08. The number of hydrogen-bond acceptors (Lipinski definition) is 6. The Morgan fingerprint density at radius 3 is 2.50 bits per heavy atom. The molecule has 0 saturated carbocycles. The Balaban J connectivity index is 2.10. The van der Waals surface area contributed by atoms with Gasteiger partial charge in [0.1, 0.15) is 16.8 Å². The van der Waals surface area contributed by atoms with Crippen LogP contribution in [-0.4, -0.2) is 34.8 Å². The summed E-state index contributed by atoms with van der Waals surface area (Å²) in [6.07, 6.45) is -0.512.